The van der Waals surface area contributed by atoms with Gasteiger partial charge in [-0.3, -0.25) is 0 Å². The number of aryl methyl sites for hydroxylation is 1. The van der Waals surface area contributed by atoms with E-state index in [0.717, 1.165) is 59.0 Å². The maximum Gasteiger partial charge on any atom is 0.259 e. The highest BCUT2D eigenvalue weighted by atomic mass is 35.5. The van der Waals surface area contributed by atoms with Gasteiger partial charge < -0.3 is 14.3 Å². The van der Waals surface area contributed by atoms with E-state index in [2.05, 4.69) is 58.3 Å². The van der Waals surface area contributed by atoms with Crippen LogP contribution in [0, 0.1) is 6.92 Å². The summed E-state index contributed by atoms with van der Waals surface area (Å²) in [6.45, 7) is 5.61. The van der Waals surface area contributed by atoms with Gasteiger partial charge in [0.15, 0.2) is 0 Å². The van der Waals surface area contributed by atoms with E-state index in [1.54, 1.807) is 0 Å². The minimum atomic E-state index is 0.500. The van der Waals surface area contributed by atoms with Crippen LogP contribution in [0.1, 0.15) is 5.56 Å². The van der Waals surface area contributed by atoms with Crippen molar-refractivity contribution in [2.75, 3.05) is 36.0 Å². The molecule has 3 heterocycles. The summed E-state index contributed by atoms with van der Waals surface area (Å²) < 4.78 is 5.74. The molecule has 174 valence electrons. The number of para-hydroxylation sites is 1. The van der Waals surface area contributed by atoms with E-state index in [1.165, 1.54) is 11.3 Å². The van der Waals surface area contributed by atoms with Crippen molar-refractivity contribution >= 4 is 34.0 Å². The molecule has 1 fully saturated rings. The van der Waals surface area contributed by atoms with Crippen LogP contribution in [-0.2, 0) is 0 Å². The minimum absolute atomic E-state index is 0.500. The maximum absolute atomic E-state index is 6.06. The predicted molar refractivity (Wildman–Crippen MR) is 141 cm³/mol. The van der Waals surface area contributed by atoms with Gasteiger partial charge in [-0.15, -0.1) is 0 Å². The lowest BCUT2D eigenvalue weighted by Gasteiger charge is -2.37. The molecular weight excluding hydrogens is 458 g/mol. The SMILES string of the molecule is Cc1ccc(-c2noc(-c3cc(N4CCN(c5ccc(Cl)cc5)CC4)nc4ccccc34)n2)cc1. The van der Waals surface area contributed by atoms with Crippen LogP contribution in [0.4, 0.5) is 11.5 Å². The summed E-state index contributed by atoms with van der Waals surface area (Å²) in [5, 5.41) is 6.01. The van der Waals surface area contributed by atoms with Crippen LogP contribution in [0.5, 0.6) is 0 Å². The van der Waals surface area contributed by atoms with Gasteiger partial charge in [-0.05, 0) is 43.3 Å². The van der Waals surface area contributed by atoms with Crippen LogP contribution in [0.15, 0.2) is 83.4 Å². The van der Waals surface area contributed by atoms with Gasteiger partial charge in [-0.25, -0.2) is 4.98 Å². The average molecular weight is 482 g/mol. The molecule has 0 unspecified atom stereocenters. The number of rotatable bonds is 4. The summed E-state index contributed by atoms with van der Waals surface area (Å²) in [5.41, 5.74) is 5.13. The van der Waals surface area contributed by atoms with Crippen molar-refractivity contribution in [2.24, 2.45) is 0 Å². The number of aromatic nitrogens is 3. The van der Waals surface area contributed by atoms with Gasteiger partial charge in [0, 0.05) is 47.8 Å². The van der Waals surface area contributed by atoms with E-state index in [0.29, 0.717) is 11.7 Å². The van der Waals surface area contributed by atoms with Crippen LogP contribution in [0.25, 0.3) is 33.7 Å². The molecule has 6 rings (SSSR count). The Morgan fingerprint density at radius 1 is 0.800 bits per heavy atom. The molecule has 0 atom stereocenters. The lowest BCUT2D eigenvalue weighted by atomic mass is 10.1. The molecule has 0 spiro atoms. The Hall–Kier alpha value is -3.90. The van der Waals surface area contributed by atoms with Gasteiger partial charge in [0.25, 0.3) is 5.89 Å². The van der Waals surface area contributed by atoms with Gasteiger partial charge in [0.05, 0.1) is 11.1 Å². The molecule has 3 aromatic carbocycles. The van der Waals surface area contributed by atoms with Crippen molar-refractivity contribution in [2.45, 2.75) is 6.92 Å². The second-order valence-corrected chi connectivity index (χ2v) is 9.22. The topological polar surface area (TPSA) is 58.3 Å². The fourth-order valence-corrected chi connectivity index (χ4v) is 4.62. The molecule has 7 heteroatoms. The zero-order chi connectivity index (χ0) is 23.8. The molecule has 0 N–H and O–H groups in total. The van der Waals surface area contributed by atoms with Crippen molar-refractivity contribution in [1.82, 2.24) is 15.1 Å². The number of nitrogens with zero attached hydrogens (tertiary/aromatic N) is 5. The highest BCUT2D eigenvalue weighted by Gasteiger charge is 2.21. The highest BCUT2D eigenvalue weighted by molar-refractivity contribution is 6.30. The number of piperazine rings is 1. The quantitative estimate of drug-likeness (QED) is 0.303. The zero-order valence-electron chi connectivity index (χ0n) is 19.4. The Morgan fingerprint density at radius 2 is 1.51 bits per heavy atom. The number of hydrogen-bond acceptors (Lipinski definition) is 6. The zero-order valence-corrected chi connectivity index (χ0v) is 20.1. The molecule has 0 amide bonds. The standard InChI is InChI=1S/C28H24ClN5O/c1-19-6-8-20(9-7-19)27-31-28(35-32-27)24-18-26(30-25-5-3-2-4-23(24)25)34-16-14-33(15-17-34)22-12-10-21(29)11-13-22/h2-13,18H,14-17H2,1H3. The fourth-order valence-electron chi connectivity index (χ4n) is 4.50. The lowest BCUT2D eigenvalue weighted by molar-refractivity contribution is 0.432. The monoisotopic (exact) mass is 481 g/mol. The van der Waals surface area contributed by atoms with Crippen molar-refractivity contribution in [3.05, 3.63) is 89.4 Å². The number of pyridine rings is 1. The van der Waals surface area contributed by atoms with E-state index < -0.39 is 0 Å². The molecule has 0 aliphatic carbocycles. The average Bonchev–Trinajstić information content (AvgIpc) is 3.39. The third kappa shape index (κ3) is 4.33. The molecule has 0 saturated carbocycles. The number of halogens is 1. The number of benzene rings is 3. The Bertz CT molecular complexity index is 1470. The second kappa shape index (κ2) is 9.04. The highest BCUT2D eigenvalue weighted by Crippen LogP contribution is 2.32. The normalized spacial score (nSPS) is 14.0. The van der Waals surface area contributed by atoms with Crippen molar-refractivity contribution in [3.8, 4) is 22.8 Å². The fraction of sp³-hybridized carbons (Fsp3) is 0.179. The van der Waals surface area contributed by atoms with Gasteiger partial charge in [-0.2, -0.15) is 4.98 Å². The Morgan fingerprint density at radius 3 is 2.29 bits per heavy atom. The van der Waals surface area contributed by atoms with Crippen LogP contribution >= 0.6 is 11.6 Å². The third-order valence-corrected chi connectivity index (χ3v) is 6.72. The van der Waals surface area contributed by atoms with E-state index >= 15 is 0 Å². The molecular formula is C28H24ClN5O. The number of hydrogen-bond donors (Lipinski definition) is 0. The van der Waals surface area contributed by atoms with Crippen molar-refractivity contribution in [3.63, 3.8) is 0 Å². The smallest absolute Gasteiger partial charge is 0.259 e. The summed E-state index contributed by atoms with van der Waals surface area (Å²) in [4.78, 5) is 14.4. The number of anilines is 2. The second-order valence-electron chi connectivity index (χ2n) is 8.78. The van der Waals surface area contributed by atoms with E-state index in [-0.39, 0.29) is 0 Å². The molecule has 1 saturated heterocycles. The Labute approximate surface area is 208 Å². The molecule has 35 heavy (non-hydrogen) atoms. The summed E-state index contributed by atoms with van der Waals surface area (Å²) in [6.07, 6.45) is 0. The van der Waals surface area contributed by atoms with Gasteiger partial charge in [0.1, 0.15) is 5.82 Å². The van der Waals surface area contributed by atoms with E-state index in [4.69, 9.17) is 26.1 Å². The molecule has 0 bridgehead atoms. The van der Waals surface area contributed by atoms with Gasteiger partial charge in [-0.1, -0.05) is 64.8 Å². The molecule has 5 aromatic rings. The van der Waals surface area contributed by atoms with Crippen molar-refractivity contribution < 1.29 is 4.52 Å². The summed E-state index contributed by atoms with van der Waals surface area (Å²) >= 11 is 6.06. The lowest BCUT2D eigenvalue weighted by Crippen LogP contribution is -2.46. The third-order valence-electron chi connectivity index (χ3n) is 6.46. The summed E-state index contributed by atoms with van der Waals surface area (Å²) in [7, 11) is 0. The van der Waals surface area contributed by atoms with Crippen LogP contribution in [0.2, 0.25) is 5.02 Å². The first-order valence-electron chi connectivity index (χ1n) is 11.7. The molecule has 6 nitrogen and oxygen atoms in total. The van der Waals surface area contributed by atoms with Gasteiger partial charge >= 0.3 is 0 Å². The largest absolute Gasteiger partial charge is 0.368 e. The van der Waals surface area contributed by atoms with E-state index in [1.807, 2.05) is 42.5 Å². The van der Waals surface area contributed by atoms with Crippen LogP contribution < -0.4 is 9.80 Å². The number of fused-ring (bicyclic) bond motifs is 1. The first kappa shape index (κ1) is 21.6. The first-order valence-corrected chi connectivity index (χ1v) is 12.1. The van der Waals surface area contributed by atoms with Crippen LogP contribution in [-0.4, -0.2) is 41.3 Å². The first-order chi connectivity index (χ1) is 17.1. The Kier molecular flexibility index (Phi) is 5.58. The van der Waals surface area contributed by atoms with Crippen molar-refractivity contribution in [1.29, 1.82) is 0 Å². The van der Waals surface area contributed by atoms with E-state index in [9.17, 15) is 0 Å². The van der Waals surface area contributed by atoms with Crippen LogP contribution in [0.3, 0.4) is 0 Å². The summed E-state index contributed by atoms with van der Waals surface area (Å²) in [5.74, 6) is 2.00. The van der Waals surface area contributed by atoms with Gasteiger partial charge in [0.2, 0.25) is 5.82 Å². The summed E-state index contributed by atoms with van der Waals surface area (Å²) in [6, 6.07) is 26.3. The molecule has 2 aromatic heterocycles. The minimum Gasteiger partial charge on any atom is -0.368 e. The molecule has 1 aliphatic rings. The molecule has 1 aliphatic heterocycles. The maximum atomic E-state index is 6.06. The predicted octanol–water partition coefficient (Wildman–Crippen LogP) is 6.24. The molecule has 0 radical (unpaired) electrons. The Balaban J connectivity index is 1.31.